The zero-order valence-electron chi connectivity index (χ0n) is 4.98. The van der Waals surface area contributed by atoms with E-state index in [2.05, 4.69) is 10.1 Å². The van der Waals surface area contributed by atoms with Crippen molar-refractivity contribution >= 4 is 27.2 Å². The molecule has 2 aromatic rings. The third-order valence-electron chi connectivity index (χ3n) is 1.14. The Morgan fingerprint density at radius 2 is 2.30 bits per heavy atom. The number of hydrogen-bond donors (Lipinski definition) is 2. The van der Waals surface area contributed by atoms with E-state index < -0.39 is 0 Å². The van der Waals surface area contributed by atoms with E-state index >= 15 is 0 Å². The second kappa shape index (κ2) is 1.60. The molecule has 0 aliphatic heterocycles. The molecule has 0 aromatic carbocycles. The Hall–Kier alpha value is -1.30. The first-order valence-electron chi connectivity index (χ1n) is 2.63. The Kier molecular flexibility index (Phi) is 0.877. The van der Waals surface area contributed by atoms with Gasteiger partial charge in [0.15, 0.2) is 0 Å². The molecule has 0 saturated carbocycles. The van der Waals surface area contributed by atoms with Gasteiger partial charge in [0, 0.05) is 0 Å². The van der Waals surface area contributed by atoms with Gasteiger partial charge in [0.1, 0.15) is 4.83 Å². The molecule has 0 fully saturated rings. The summed E-state index contributed by atoms with van der Waals surface area (Å²) in [7, 11) is 0. The molecule has 0 bridgehead atoms. The van der Waals surface area contributed by atoms with Gasteiger partial charge in [0.2, 0.25) is 11.1 Å². The highest BCUT2D eigenvalue weighted by Crippen LogP contribution is 2.17. The number of fused-ring (bicyclic) bond motifs is 1. The Balaban J connectivity index is 2.90. The van der Waals surface area contributed by atoms with Crippen LogP contribution in [0.25, 0.3) is 4.83 Å². The Labute approximate surface area is 60.3 Å². The lowest BCUT2D eigenvalue weighted by Crippen LogP contribution is -1.95. The van der Waals surface area contributed by atoms with Crippen molar-refractivity contribution in [3.8, 4) is 0 Å². The lowest BCUT2D eigenvalue weighted by atomic mass is 10.9. The predicted octanol–water partition coefficient (Wildman–Crippen LogP) is -0.0448. The lowest BCUT2D eigenvalue weighted by Gasteiger charge is -1.81. The van der Waals surface area contributed by atoms with Gasteiger partial charge in [-0.3, -0.25) is 0 Å². The van der Waals surface area contributed by atoms with Gasteiger partial charge in [-0.2, -0.15) is 4.52 Å². The molecular weight excluding hydrogens is 150 g/mol. The van der Waals surface area contributed by atoms with Crippen LogP contribution in [0.1, 0.15) is 0 Å². The van der Waals surface area contributed by atoms with Crippen LogP contribution >= 0.6 is 11.3 Å². The molecule has 0 amide bonds. The molecule has 0 spiro atoms. The van der Waals surface area contributed by atoms with Crippen LogP contribution in [-0.4, -0.2) is 14.6 Å². The molecule has 2 aromatic heterocycles. The average molecular weight is 155 g/mol. The maximum atomic E-state index is 5.43. The molecule has 5 nitrogen and oxygen atoms in total. The SMILES string of the molecule is Nc1nn2c(N)ncc2s1. The highest BCUT2D eigenvalue weighted by molar-refractivity contribution is 7.20. The van der Waals surface area contributed by atoms with Gasteiger partial charge in [0.25, 0.3) is 0 Å². The molecule has 2 rings (SSSR count). The number of hydrogen-bond acceptors (Lipinski definition) is 5. The van der Waals surface area contributed by atoms with E-state index in [1.54, 1.807) is 6.20 Å². The van der Waals surface area contributed by atoms with Crippen molar-refractivity contribution in [2.45, 2.75) is 0 Å². The number of nitrogens with two attached hydrogens (primary N) is 2. The molecule has 4 N–H and O–H groups in total. The van der Waals surface area contributed by atoms with Crippen LogP contribution in [0.15, 0.2) is 6.20 Å². The summed E-state index contributed by atoms with van der Waals surface area (Å²) in [5.74, 6) is 0.378. The smallest absolute Gasteiger partial charge is 0.222 e. The molecule has 2 heterocycles. The second-order valence-electron chi connectivity index (χ2n) is 1.81. The topological polar surface area (TPSA) is 82.2 Å². The van der Waals surface area contributed by atoms with Gasteiger partial charge in [-0.15, -0.1) is 5.10 Å². The maximum absolute atomic E-state index is 5.43. The zero-order valence-corrected chi connectivity index (χ0v) is 5.80. The number of imidazole rings is 1. The summed E-state index contributed by atoms with van der Waals surface area (Å²) >= 11 is 1.36. The second-order valence-corrected chi connectivity index (χ2v) is 2.85. The first-order valence-corrected chi connectivity index (χ1v) is 3.44. The lowest BCUT2D eigenvalue weighted by molar-refractivity contribution is 0.979. The largest absolute Gasteiger partial charge is 0.374 e. The molecule has 0 aliphatic rings. The van der Waals surface area contributed by atoms with E-state index in [4.69, 9.17) is 11.5 Å². The van der Waals surface area contributed by atoms with E-state index in [9.17, 15) is 0 Å². The fourth-order valence-corrected chi connectivity index (χ4v) is 1.40. The van der Waals surface area contributed by atoms with Crippen LogP contribution < -0.4 is 11.5 Å². The van der Waals surface area contributed by atoms with E-state index in [0.717, 1.165) is 4.83 Å². The fourth-order valence-electron chi connectivity index (χ4n) is 0.740. The fraction of sp³-hybridized carbons (Fsp3) is 0. The number of aromatic nitrogens is 3. The number of nitrogens with zero attached hydrogens (tertiary/aromatic N) is 3. The minimum absolute atomic E-state index is 0.378. The Morgan fingerprint density at radius 1 is 1.50 bits per heavy atom. The minimum atomic E-state index is 0.378. The summed E-state index contributed by atoms with van der Waals surface area (Å²) in [6.45, 7) is 0. The third kappa shape index (κ3) is 0.561. The van der Waals surface area contributed by atoms with E-state index in [1.807, 2.05) is 0 Å². The van der Waals surface area contributed by atoms with E-state index in [1.165, 1.54) is 15.9 Å². The third-order valence-corrected chi connectivity index (χ3v) is 1.92. The maximum Gasteiger partial charge on any atom is 0.222 e. The summed E-state index contributed by atoms with van der Waals surface area (Å²) in [5, 5.41) is 4.40. The Morgan fingerprint density at radius 3 is 3.00 bits per heavy atom. The molecule has 0 unspecified atom stereocenters. The van der Waals surface area contributed by atoms with Crippen LogP contribution in [-0.2, 0) is 0 Å². The summed E-state index contributed by atoms with van der Waals surface area (Å²) in [4.78, 5) is 4.70. The summed E-state index contributed by atoms with van der Waals surface area (Å²) in [6, 6.07) is 0. The van der Waals surface area contributed by atoms with Gasteiger partial charge in [0.05, 0.1) is 6.20 Å². The quantitative estimate of drug-likeness (QED) is 0.559. The molecule has 0 aliphatic carbocycles. The summed E-state index contributed by atoms with van der Waals surface area (Å²) < 4.78 is 1.51. The molecule has 0 atom stereocenters. The van der Waals surface area contributed by atoms with Crippen molar-refractivity contribution in [1.82, 2.24) is 14.6 Å². The Bertz CT molecular complexity index is 360. The normalized spacial score (nSPS) is 10.8. The minimum Gasteiger partial charge on any atom is -0.374 e. The molecular formula is C4H5N5S. The highest BCUT2D eigenvalue weighted by Gasteiger charge is 2.02. The molecule has 52 valence electrons. The first-order chi connectivity index (χ1) is 4.77. The van der Waals surface area contributed by atoms with Crippen molar-refractivity contribution in [1.29, 1.82) is 0 Å². The van der Waals surface area contributed by atoms with Crippen molar-refractivity contribution in [3.63, 3.8) is 0 Å². The number of rotatable bonds is 0. The van der Waals surface area contributed by atoms with Gasteiger partial charge >= 0.3 is 0 Å². The van der Waals surface area contributed by atoms with Crippen LogP contribution in [0.4, 0.5) is 11.1 Å². The van der Waals surface area contributed by atoms with Crippen molar-refractivity contribution in [2.75, 3.05) is 11.5 Å². The molecule has 0 radical (unpaired) electrons. The molecule has 0 saturated heterocycles. The van der Waals surface area contributed by atoms with Crippen LogP contribution in [0.3, 0.4) is 0 Å². The zero-order chi connectivity index (χ0) is 7.14. The van der Waals surface area contributed by atoms with Gasteiger partial charge < -0.3 is 11.5 Å². The molecule has 10 heavy (non-hydrogen) atoms. The van der Waals surface area contributed by atoms with E-state index in [-0.39, 0.29) is 0 Å². The number of nitrogen functional groups attached to an aromatic ring is 2. The van der Waals surface area contributed by atoms with Crippen LogP contribution in [0.5, 0.6) is 0 Å². The van der Waals surface area contributed by atoms with Crippen molar-refractivity contribution < 1.29 is 0 Å². The van der Waals surface area contributed by atoms with Gasteiger partial charge in [-0.25, -0.2) is 4.98 Å². The summed E-state index contributed by atoms with van der Waals surface area (Å²) in [5.41, 5.74) is 10.8. The summed E-state index contributed by atoms with van der Waals surface area (Å²) in [6.07, 6.45) is 1.64. The number of anilines is 2. The average Bonchev–Trinajstić information content (AvgIpc) is 2.35. The van der Waals surface area contributed by atoms with E-state index in [0.29, 0.717) is 11.1 Å². The predicted molar refractivity (Wildman–Crippen MR) is 39.7 cm³/mol. The van der Waals surface area contributed by atoms with Crippen LogP contribution in [0, 0.1) is 0 Å². The van der Waals surface area contributed by atoms with Crippen LogP contribution in [0.2, 0.25) is 0 Å². The van der Waals surface area contributed by atoms with Crippen molar-refractivity contribution in [3.05, 3.63) is 6.20 Å². The van der Waals surface area contributed by atoms with Crippen molar-refractivity contribution in [2.24, 2.45) is 0 Å². The standard InChI is InChI=1S/C4H5N5S/c5-3-7-1-2-9(3)8-4(6)10-2/h1H,(H2,5,7)(H2,6,8). The van der Waals surface area contributed by atoms with Gasteiger partial charge in [-0.05, 0) is 0 Å². The first kappa shape index (κ1) is 5.48. The van der Waals surface area contributed by atoms with Gasteiger partial charge in [-0.1, -0.05) is 11.3 Å². The molecule has 6 heteroatoms. The highest BCUT2D eigenvalue weighted by atomic mass is 32.1. The monoisotopic (exact) mass is 155 g/mol.